The summed E-state index contributed by atoms with van der Waals surface area (Å²) in [7, 11) is -3.27. The molecule has 0 rings (SSSR count). The minimum absolute atomic E-state index is 0.0571. The van der Waals surface area contributed by atoms with E-state index >= 15 is 0 Å². The first-order chi connectivity index (χ1) is 7.51. The van der Waals surface area contributed by atoms with Gasteiger partial charge in [-0.15, -0.1) is 0 Å². The van der Waals surface area contributed by atoms with Crippen molar-refractivity contribution < 1.29 is 9.09 Å². The molecule has 1 atom stereocenters. The van der Waals surface area contributed by atoms with Gasteiger partial charge in [0.25, 0.3) is 0 Å². The van der Waals surface area contributed by atoms with Gasteiger partial charge in [0.05, 0.1) is 6.61 Å². The van der Waals surface area contributed by atoms with Crippen LogP contribution >= 0.6 is 7.52 Å². The Kier molecular flexibility index (Phi) is 7.66. The second-order valence-corrected chi connectivity index (χ2v) is 6.02. The highest BCUT2D eigenvalue weighted by Gasteiger charge is 2.32. The van der Waals surface area contributed by atoms with Crippen molar-refractivity contribution in [2.75, 3.05) is 13.2 Å². The summed E-state index contributed by atoms with van der Waals surface area (Å²) in [5.74, 6) is 1.85. The van der Waals surface area contributed by atoms with Crippen LogP contribution in [0.25, 0.3) is 0 Å². The number of rotatable bonds is 8. The predicted octanol–water partition coefficient (Wildman–Crippen LogP) is 3.60. The van der Waals surface area contributed by atoms with Gasteiger partial charge in [-0.1, -0.05) is 26.7 Å². The zero-order valence-corrected chi connectivity index (χ0v) is 11.7. The van der Waals surface area contributed by atoms with Crippen molar-refractivity contribution in [1.82, 2.24) is 4.67 Å². The van der Waals surface area contributed by atoms with Crippen LogP contribution in [0.4, 0.5) is 0 Å². The van der Waals surface area contributed by atoms with Gasteiger partial charge in [0.15, 0.2) is 5.81 Å². The van der Waals surface area contributed by atoms with Gasteiger partial charge < -0.3 is 4.52 Å². The average molecular weight is 246 g/mol. The molecule has 5 heteroatoms. The van der Waals surface area contributed by atoms with Gasteiger partial charge in [0.2, 0.25) is 0 Å². The van der Waals surface area contributed by atoms with Crippen molar-refractivity contribution in [2.45, 2.75) is 53.0 Å². The molecule has 0 aliphatic rings. The van der Waals surface area contributed by atoms with Crippen molar-refractivity contribution in [1.29, 1.82) is 5.26 Å². The molecular weight excluding hydrogens is 223 g/mol. The minimum Gasteiger partial charge on any atom is -0.307 e. The second kappa shape index (κ2) is 7.84. The van der Waals surface area contributed by atoms with Crippen LogP contribution in [0.15, 0.2) is 0 Å². The molecule has 0 saturated carbocycles. The Morgan fingerprint density at radius 1 is 1.38 bits per heavy atom. The molecule has 0 aromatic carbocycles. The van der Waals surface area contributed by atoms with Crippen molar-refractivity contribution in [2.24, 2.45) is 0 Å². The van der Waals surface area contributed by atoms with Gasteiger partial charge >= 0.3 is 7.52 Å². The average Bonchev–Trinajstić information content (AvgIpc) is 2.25. The fraction of sp³-hybridized carbons (Fsp3) is 0.909. The van der Waals surface area contributed by atoms with E-state index < -0.39 is 7.52 Å². The Balaban J connectivity index is 4.41. The summed E-state index contributed by atoms with van der Waals surface area (Å²) in [5, 5.41) is 9.01. The maximum Gasteiger partial charge on any atom is 0.371 e. The quantitative estimate of drug-likeness (QED) is 0.485. The number of nitriles is 1. The zero-order valence-electron chi connectivity index (χ0n) is 10.8. The van der Waals surface area contributed by atoms with Gasteiger partial charge in [0, 0.05) is 12.6 Å². The number of hydrogen-bond acceptors (Lipinski definition) is 3. The highest BCUT2D eigenvalue weighted by molar-refractivity contribution is 7.61. The lowest BCUT2D eigenvalue weighted by molar-refractivity contribution is 0.247. The summed E-state index contributed by atoms with van der Waals surface area (Å²) in [6, 6.07) is 0.0571. The molecule has 0 aliphatic heterocycles. The largest absolute Gasteiger partial charge is 0.371 e. The number of nitrogens with zero attached hydrogens (tertiary/aromatic N) is 2. The Morgan fingerprint density at radius 3 is 2.38 bits per heavy atom. The second-order valence-electron chi connectivity index (χ2n) is 4.01. The van der Waals surface area contributed by atoms with Gasteiger partial charge in [-0.05, 0) is 20.3 Å². The van der Waals surface area contributed by atoms with Gasteiger partial charge in [-0.2, -0.15) is 5.26 Å². The summed E-state index contributed by atoms with van der Waals surface area (Å²) in [4.78, 5) is 0. The fourth-order valence-corrected chi connectivity index (χ4v) is 3.23. The molecule has 0 aromatic rings. The number of unbranched alkanes of at least 4 members (excludes halogenated alkanes) is 2. The van der Waals surface area contributed by atoms with E-state index in [0.717, 1.165) is 19.3 Å². The first-order valence-corrected chi connectivity index (χ1v) is 7.52. The third-order valence-corrected chi connectivity index (χ3v) is 4.61. The number of hydrogen-bond donors (Lipinski definition) is 0. The molecule has 0 radical (unpaired) electrons. The van der Waals surface area contributed by atoms with Crippen LogP contribution in [-0.4, -0.2) is 23.9 Å². The molecule has 4 nitrogen and oxygen atoms in total. The van der Waals surface area contributed by atoms with Crippen LogP contribution in [-0.2, 0) is 9.09 Å². The highest BCUT2D eigenvalue weighted by atomic mass is 31.2. The van der Waals surface area contributed by atoms with Crippen molar-refractivity contribution >= 4 is 7.52 Å². The van der Waals surface area contributed by atoms with E-state index in [1.54, 1.807) is 4.67 Å². The topological polar surface area (TPSA) is 53.3 Å². The van der Waals surface area contributed by atoms with E-state index in [4.69, 9.17) is 9.79 Å². The summed E-state index contributed by atoms with van der Waals surface area (Å²) < 4.78 is 19.2. The predicted molar refractivity (Wildman–Crippen MR) is 66.2 cm³/mol. The van der Waals surface area contributed by atoms with E-state index in [1.165, 1.54) is 0 Å². The van der Waals surface area contributed by atoms with Crippen LogP contribution in [0.5, 0.6) is 0 Å². The first kappa shape index (κ1) is 15.6. The molecule has 0 bridgehead atoms. The molecular formula is C11H23N2O2P. The van der Waals surface area contributed by atoms with Crippen molar-refractivity contribution in [3.8, 4) is 5.81 Å². The molecule has 0 amide bonds. The lowest BCUT2D eigenvalue weighted by Gasteiger charge is -2.28. The molecule has 0 fully saturated rings. The third-order valence-electron chi connectivity index (χ3n) is 2.40. The van der Waals surface area contributed by atoms with Gasteiger partial charge in [-0.3, -0.25) is 4.57 Å². The van der Waals surface area contributed by atoms with E-state index in [0.29, 0.717) is 13.2 Å². The van der Waals surface area contributed by atoms with Gasteiger partial charge in [0.1, 0.15) is 0 Å². The van der Waals surface area contributed by atoms with E-state index in [9.17, 15) is 4.57 Å². The molecule has 0 aromatic heterocycles. The summed E-state index contributed by atoms with van der Waals surface area (Å²) in [6.45, 7) is 8.79. The molecule has 0 aliphatic carbocycles. The molecule has 94 valence electrons. The SMILES string of the molecule is CCCCCOP(=O)(C#N)N(CC)C(C)C. The van der Waals surface area contributed by atoms with Crippen molar-refractivity contribution in [3.05, 3.63) is 0 Å². The van der Waals surface area contributed by atoms with E-state index in [2.05, 4.69) is 6.92 Å². The molecule has 1 unspecified atom stereocenters. The summed E-state index contributed by atoms with van der Waals surface area (Å²) in [6.07, 6.45) is 2.99. The van der Waals surface area contributed by atoms with Crippen LogP contribution in [0.3, 0.4) is 0 Å². The van der Waals surface area contributed by atoms with Crippen molar-refractivity contribution in [3.63, 3.8) is 0 Å². The maximum absolute atomic E-state index is 12.3. The lowest BCUT2D eigenvalue weighted by Crippen LogP contribution is -2.28. The third kappa shape index (κ3) is 4.65. The minimum atomic E-state index is -3.27. The molecule has 16 heavy (non-hydrogen) atoms. The maximum atomic E-state index is 12.3. The van der Waals surface area contributed by atoms with E-state index in [1.807, 2.05) is 26.6 Å². The summed E-state index contributed by atoms with van der Waals surface area (Å²) >= 11 is 0. The standard InChI is InChI=1S/C11H23N2O2P/c1-5-7-8-9-15-16(14,10-12)13(6-2)11(3)4/h11H,5-9H2,1-4H3. The zero-order chi connectivity index (χ0) is 12.6. The van der Waals surface area contributed by atoms with Crippen LogP contribution in [0.1, 0.15) is 47.0 Å². The fourth-order valence-electron chi connectivity index (χ4n) is 1.56. The molecule has 0 heterocycles. The first-order valence-electron chi connectivity index (χ1n) is 5.94. The molecule has 0 N–H and O–H groups in total. The lowest BCUT2D eigenvalue weighted by atomic mass is 10.3. The Hall–Kier alpha value is -0.360. The Labute approximate surface area is 99.1 Å². The normalized spacial score (nSPS) is 15.1. The highest BCUT2D eigenvalue weighted by Crippen LogP contribution is 2.50. The smallest absolute Gasteiger partial charge is 0.307 e. The van der Waals surface area contributed by atoms with Gasteiger partial charge in [-0.25, -0.2) is 4.67 Å². The monoisotopic (exact) mass is 246 g/mol. The van der Waals surface area contributed by atoms with Crippen LogP contribution in [0.2, 0.25) is 0 Å². The Bertz CT molecular complexity index is 274. The Morgan fingerprint density at radius 2 is 2.00 bits per heavy atom. The molecule has 0 saturated heterocycles. The van der Waals surface area contributed by atoms with E-state index in [-0.39, 0.29) is 6.04 Å². The molecule has 0 spiro atoms. The van der Waals surface area contributed by atoms with Crippen LogP contribution in [0, 0.1) is 11.1 Å². The van der Waals surface area contributed by atoms with Crippen LogP contribution < -0.4 is 0 Å². The summed E-state index contributed by atoms with van der Waals surface area (Å²) in [5.41, 5.74) is 0.